The van der Waals surface area contributed by atoms with Crippen LogP contribution in [0.15, 0.2) is 12.4 Å². The molecule has 2 unspecified atom stereocenters. The third kappa shape index (κ3) is 3.30. The Hall–Kier alpha value is -0.910. The normalized spacial score (nSPS) is 15.0. The Balaban J connectivity index is 2.48. The summed E-state index contributed by atoms with van der Waals surface area (Å²) in [5.41, 5.74) is 2.82. The molecular weight excluding hydrogens is 204 g/mol. The fraction of sp³-hybridized carbons (Fsp3) is 0.727. The Labute approximate surface area is 97.0 Å². The van der Waals surface area contributed by atoms with Gasteiger partial charge in [-0.15, -0.1) is 0 Å². The molecule has 0 aliphatic rings. The Bertz CT molecular complexity index is 296. The van der Waals surface area contributed by atoms with Crippen molar-refractivity contribution in [3.05, 3.63) is 18.2 Å². The highest BCUT2D eigenvalue weighted by Gasteiger charge is 2.18. The minimum atomic E-state index is 0.158. The number of rotatable bonds is 7. The first-order chi connectivity index (χ1) is 7.72. The van der Waals surface area contributed by atoms with Gasteiger partial charge in [-0.3, -0.25) is 11.3 Å². The Morgan fingerprint density at radius 3 is 2.81 bits per heavy atom. The van der Waals surface area contributed by atoms with E-state index in [9.17, 15) is 0 Å². The second-order valence-corrected chi connectivity index (χ2v) is 3.95. The number of nitrogens with one attached hydrogen (secondary N) is 1. The van der Waals surface area contributed by atoms with Gasteiger partial charge in [0, 0.05) is 39.0 Å². The number of imidazole rings is 1. The molecule has 0 bridgehead atoms. The van der Waals surface area contributed by atoms with Crippen molar-refractivity contribution in [3.8, 4) is 0 Å². The Morgan fingerprint density at radius 2 is 2.38 bits per heavy atom. The first kappa shape index (κ1) is 13.2. The molecule has 0 saturated carbocycles. The van der Waals surface area contributed by atoms with E-state index in [0.717, 1.165) is 25.1 Å². The van der Waals surface area contributed by atoms with Gasteiger partial charge in [0.1, 0.15) is 5.82 Å². The number of hydrogen-bond acceptors (Lipinski definition) is 4. The lowest BCUT2D eigenvalue weighted by Crippen LogP contribution is -2.45. The van der Waals surface area contributed by atoms with Crippen LogP contribution >= 0.6 is 0 Å². The lowest BCUT2D eigenvalue weighted by molar-refractivity contribution is 0.0624. The van der Waals surface area contributed by atoms with Crippen molar-refractivity contribution in [2.75, 3.05) is 7.11 Å². The molecule has 0 saturated heterocycles. The average molecular weight is 226 g/mol. The monoisotopic (exact) mass is 226 g/mol. The van der Waals surface area contributed by atoms with Gasteiger partial charge in [-0.25, -0.2) is 4.98 Å². The highest BCUT2D eigenvalue weighted by Crippen LogP contribution is 2.09. The molecule has 0 spiro atoms. The number of methoxy groups -OCH3 is 1. The third-order valence-electron chi connectivity index (χ3n) is 2.97. The van der Waals surface area contributed by atoms with E-state index in [1.807, 2.05) is 24.0 Å². The summed E-state index contributed by atoms with van der Waals surface area (Å²) in [5.74, 6) is 6.62. The molecule has 1 rings (SSSR count). The highest BCUT2D eigenvalue weighted by atomic mass is 16.5. The lowest BCUT2D eigenvalue weighted by atomic mass is 10.0. The molecule has 5 nitrogen and oxygen atoms in total. The number of aromatic nitrogens is 2. The molecule has 0 fully saturated rings. The van der Waals surface area contributed by atoms with Crippen molar-refractivity contribution in [2.24, 2.45) is 12.9 Å². The largest absolute Gasteiger partial charge is 0.380 e. The van der Waals surface area contributed by atoms with E-state index in [-0.39, 0.29) is 12.1 Å². The molecule has 0 radical (unpaired) electrons. The van der Waals surface area contributed by atoms with Gasteiger partial charge in [0.25, 0.3) is 0 Å². The zero-order chi connectivity index (χ0) is 12.0. The zero-order valence-corrected chi connectivity index (χ0v) is 10.3. The number of hydrogen-bond donors (Lipinski definition) is 2. The minimum Gasteiger partial charge on any atom is -0.380 e. The third-order valence-corrected chi connectivity index (χ3v) is 2.97. The summed E-state index contributed by atoms with van der Waals surface area (Å²) in [7, 11) is 3.72. The standard InChI is InChI=1S/C11H22N4O/c1-4-10(16-3)9(14-12)5-6-11-13-7-8-15(11)2/h7-10,14H,4-6,12H2,1-3H3. The van der Waals surface area contributed by atoms with Gasteiger partial charge in [-0.1, -0.05) is 6.92 Å². The molecule has 16 heavy (non-hydrogen) atoms. The molecule has 5 heteroatoms. The maximum absolute atomic E-state index is 5.55. The van der Waals surface area contributed by atoms with E-state index in [0.29, 0.717) is 0 Å². The highest BCUT2D eigenvalue weighted by molar-refractivity contribution is 4.92. The van der Waals surface area contributed by atoms with E-state index >= 15 is 0 Å². The van der Waals surface area contributed by atoms with E-state index in [2.05, 4.69) is 17.3 Å². The van der Waals surface area contributed by atoms with Gasteiger partial charge in [-0.05, 0) is 12.8 Å². The van der Waals surface area contributed by atoms with Crippen molar-refractivity contribution >= 4 is 0 Å². The van der Waals surface area contributed by atoms with E-state index < -0.39 is 0 Å². The topological polar surface area (TPSA) is 65.1 Å². The molecule has 0 aromatic carbocycles. The van der Waals surface area contributed by atoms with Crippen LogP contribution in [0.1, 0.15) is 25.6 Å². The van der Waals surface area contributed by atoms with Crippen molar-refractivity contribution in [3.63, 3.8) is 0 Å². The molecule has 1 aromatic heterocycles. The summed E-state index contributed by atoms with van der Waals surface area (Å²) < 4.78 is 7.41. The number of ether oxygens (including phenoxy) is 1. The fourth-order valence-corrected chi connectivity index (χ4v) is 1.91. The van der Waals surface area contributed by atoms with Crippen molar-refractivity contribution in [2.45, 2.75) is 38.3 Å². The number of nitrogens with two attached hydrogens (primary N) is 1. The van der Waals surface area contributed by atoms with Crippen LogP contribution in [0.5, 0.6) is 0 Å². The van der Waals surface area contributed by atoms with Crippen LogP contribution in [0.3, 0.4) is 0 Å². The van der Waals surface area contributed by atoms with Gasteiger partial charge in [0.15, 0.2) is 0 Å². The van der Waals surface area contributed by atoms with Crippen LogP contribution in [0, 0.1) is 0 Å². The molecular formula is C11H22N4O. The average Bonchev–Trinajstić information content (AvgIpc) is 2.70. The Morgan fingerprint density at radius 1 is 1.62 bits per heavy atom. The summed E-state index contributed by atoms with van der Waals surface area (Å²) >= 11 is 0. The van der Waals surface area contributed by atoms with Crippen LogP contribution in [-0.4, -0.2) is 28.8 Å². The quantitative estimate of drug-likeness (QED) is 0.528. The SMILES string of the molecule is CCC(OC)C(CCc1nccn1C)NN. The summed E-state index contributed by atoms with van der Waals surface area (Å²) in [6.07, 6.45) is 6.70. The predicted molar refractivity (Wildman–Crippen MR) is 63.7 cm³/mol. The maximum Gasteiger partial charge on any atom is 0.108 e. The molecule has 0 aliphatic heterocycles. The molecule has 2 atom stereocenters. The van der Waals surface area contributed by atoms with Crippen molar-refractivity contribution < 1.29 is 4.74 Å². The minimum absolute atomic E-state index is 0.158. The van der Waals surface area contributed by atoms with Gasteiger partial charge < -0.3 is 9.30 Å². The molecule has 0 amide bonds. The Kier molecular flexibility index (Phi) is 5.45. The van der Waals surface area contributed by atoms with E-state index in [1.54, 1.807) is 7.11 Å². The number of hydrazine groups is 1. The van der Waals surface area contributed by atoms with Gasteiger partial charge in [-0.2, -0.15) is 0 Å². The zero-order valence-electron chi connectivity index (χ0n) is 10.3. The summed E-state index contributed by atoms with van der Waals surface area (Å²) in [5, 5.41) is 0. The predicted octanol–water partition coefficient (Wildman–Crippen LogP) is 0.610. The fourth-order valence-electron chi connectivity index (χ4n) is 1.91. The first-order valence-corrected chi connectivity index (χ1v) is 5.68. The number of nitrogens with zero attached hydrogens (tertiary/aromatic N) is 2. The maximum atomic E-state index is 5.55. The van der Waals surface area contributed by atoms with E-state index in [1.165, 1.54) is 0 Å². The van der Waals surface area contributed by atoms with Gasteiger partial charge >= 0.3 is 0 Å². The smallest absolute Gasteiger partial charge is 0.108 e. The number of aryl methyl sites for hydroxylation is 2. The first-order valence-electron chi connectivity index (χ1n) is 5.68. The van der Waals surface area contributed by atoms with Crippen molar-refractivity contribution in [1.29, 1.82) is 0 Å². The van der Waals surface area contributed by atoms with Crippen LogP contribution in [0.4, 0.5) is 0 Å². The lowest BCUT2D eigenvalue weighted by Gasteiger charge is -2.24. The van der Waals surface area contributed by atoms with Crippen LogP contribution in [0.25, 0.3) is 0 Å². The molecule has 3 N–H and O–H groups in total. The summed E-state index contributed by atoms with van der Waals surface area (Å²) in [6, 6.07) is 0.173. The van der Waals surface area contributed by atoms with Crippen molar-refractivity contribution in [1.82, 2.24) is 15.0 Å². The van der Waals surface area contributed by atoms with Crippen LogP contribution in [-0.2, 0) is 18.2 Å². The van der Waals surface area contributed by atoms with Gasteiger partial charge in [0.05, 0.1) is 6.10 Å². The molecule has 92 valence electrons. The van der Waals surface area contributed by atoms with Gasteiger partial charge in [0.2, 0.25) is 0 Å². The summed E-state index contributed by atoms with van der Waals surface area (Å²) in [6.45, 7) is 2.10. The van der Waals surface area contributed by atoms with Crippen LogP contribution < -0.4 is 11.3 Å². The van der Waals surface area contributed by atoms with Crippen LogP contribution in [0.2, 0.25) is 0 Å². The molecule has 1 aromatic rings. The second-order valence-electron chi connectivity index (χ2n) is 3.95. The summed E-state index contributed by atoms with van der Waals surface area (Å²) in [4.78, 5) is 4.29. The molecule has 0 aliphatic carbocycles. The molecule has 1 heterocycles. The van der Waals surface area contributed by atoms with E-state index in [4.69, 9.17) is 10.6 Å². The second kappa shape index (κ2) is 6.62.